The van der Waals surface area contributed by atoms with Crippen LogP contribution in [0.15, 0.2) is 36.9 Å². The summed E-state index contributed by atoms with van der Waals surface area (Å²) in [6.07, 6.45) is 6.88. The van der Waals surface area contributed by atoms with Gasteiger partial charge in [-0.25, -0.2) is 4.98 Å². The normalized spacial score (nSPS) is 20.0. The Balaban J connectivity index is 1.43. The number of nitrogens with one attached hydrogen (secondary N) is 1. The van der Waals surface area contributed by atoms with Crippen LogP contribution < -0.4 is 15.1 Å². The van der Waals surface area contributed by atoms with Crippen LogP contribution >= 0.6 is 0 Å². The van der Waals surface area contributed by atoms with E-state index in [4.69, 9.17) is 9.97 Å². The molecule has 1 aliphatic carbocycles. The van der Waals surface area contributed by atoms with Crippen LogP contribution in [0.4, 0.5) is 17.5 Å². The first kappa shape index (κ1) is 28.4. The number of benzene rings is 1. The molecule has 10 nitrogen and oxygen atoms in total. The van der Waals surface area contributed by atoms with Gasteiger partial charge in [-0.3, -0.25) is 9.59 Å². The van der Waals surface area contributed by atoms with Crippen molar-refractivity contribution in [3.63, 3.8) is 0 Å². The molecule has 2 amide bonds. The smallest absolute Gasteiger partial charge is 0.246 e. The zero-order chi connectivity index (χ0) is 28.9. The van der Waals surface area contributed by atoms with Crippen molar-refractivity contribution in [3.8, 4) is 6.07 Å². The van der Waals surface area contributed by atoms with Crippen molar-refractivity contribution in [2.45, 2.75) is 57.0 Å². The number of carbonyl (C=O) groups is 2. The average molecular weight is 557 g/mol. The van der Waals surface area contributed by atoms with Crippen molar-refractivity contribution in [2.24, 2.45) is 0 Å². The Bertz CT molecular complexity index is 1340. The zero-order valence-electron chi connectivity index (χ0n) is 24.2. The van der Waals surface area contributed by atoms with Gasteiger partial charge in [0.2, 0.25) is 17.8 Å². The summed E-state index contributed by atoms with van der Waals surface area (Å²) < 4.78 is 0. The molecule has 1 aromatic heterocycles. The molecule has 3 aliphatic rings. The van der Waals surface area contributed by atoms with Gasteiger partial charge in [-0.2, -0.15) is 10.2 Å². The third-order valence-electron chi connectivity index (χ3n) is 8.50. The number of nitrogens with zero attached hydrogens (tertiary/aromatic N) is 7. The summed E-state index contributed by atoms with van der Waals surface area (Å²) in [6, 6.07) is 11.1. The average Bonchev–Trinajstić information content (AvgIpc) is 2.99. The van der Waals surface area contributed by atoms with Crippen molar-refractivity contribution in [1.29, 1.82) is 5.26 Å². The molecule has 0 spiro atoms. The molecule has 1 fully saturated rings. The number of hydrogen-bond acceptors (Lipinski definition) is 8. The molecule has 2 aromatic rings. The predicted molar refractivity (Wildman–Crippen MR) is 160 cm³/mol. The minimum atomic E-state index is -0.236. The van der Waals surface area contributed by atoms with E-state index in [1.54, 1.807) is 23.9 Å². The van der Waals surface area contributed by atoms with E-state index in [0.29, 0.717) is 44.6 Å². The Morgan fingerprint density at radius 2 is 2.02 bits per heavy atom. The lowest BCUT2D eigenvalue weighted by Crippen LogP contribution is -2.55. The second-order valence-corrected chi connectivity index (χ2v) is 11.3. The van der Waals surface area contributed by atoms with Crippen molar-refractivity contribution in [1.82, 2.24) is 19.8 Å². The first-order valence-electron chi connectivity index (χ1n) is 14.6. The summed E-state index contributed by atoms with van der Waals surface area (Å²) in [7, 11) is 3.51. The maximum Gasteiger partial charge on any atom is 0.246 e. The molecule has 0 bridgehead atoms. The van der Waals surface area contributed by atoms with Crippen molar-refractivity contribution in [3.05, 3.63) is 53.7 Å². The van der Waals surface area contributed by atoms with Gasteiger partial charge in [0.05, 0.1) is 24.2 Å². The van der Waals surface area contributed by atoms with Crippen LogP contribution in [0.3, 0.4) is 0 Å². The van der Waals surface area contributed by atoms with Crippen LogP contribution in [0.5, 0.6) is 0 Å². The first-order valence-corrected chi connectivity index (χ1v) is 14.6. The Morgan fingerprint density at radius 1 is 1.20 bits per heavy atom. The van der Waals surface area contributed by atoms with Crippen LogP contribution in [-0.4, -0.2) is 90.5 Å². The Kier molecular flexibility index (Phi) is 8.72. The number of aryl methyl sites for hydroxylation is 1. The van der Waals surface area contributed by atoms with Crippen LogP contribution in [0.1, 0.15) is 42.5 Å². The SMILES string of the molecule is C=CC(=O)N1CCN(c2nc(NCCC(=O)N(C)C)nc3c2CCC(N2CCCc4ccccc42)C3)CC1CC#N. The number of aromatic nitrogens is 2. The maximum absolute atomic E-state index is 12.5. The fourth-order valence-corrected chi connectivity index (χ4v) is 6.37. The molecule has 1 aromatic carbocycles. The molecule has 2 atom stereocenters. The van der Waals surface area contributed by atoms with E-state index in [1.807, 2.05) is 0 Å². The number of hydrogen-bond donors (Lipinski definition) is 1. The quantitative estimate of drug-likeness (QED) is 0.495. The third-order valence-corrected chi connectivity index (χ3v) is 8.50. The minimum absolute atomic E-state index is 0.0434. The molecular formula is C31H40N8O2. The predicted octanol–water partition coefficient (Wildman–Crippen LogP) is 2.79. The van der Waals surface area contributed by atoms with Gasteiger partial charge < -0.3 is 24.9 Å². The lowest BCUT2D eigenvalue weighted by atomic mass is 9.88. The summed E-state index contributed by atoms with van der Waals surface area (Å²) in [5.41, 5.74) is 4.94. The lowest BCUT2D eigenvalue weighted by molar-refractivity contribution is -0.129. The van der Waals surface area contributed by atoms with E-state index in [1.165, 1.54) is 17.3 Å². The molecule has 2 aliphatic heterocycles. The minimum Gasteiger partial charge on any atom is -0.368 e. The van der Waals surface area contributed by atoms with E-state index < -0.39 is 0 Å². The van der Waals surface area contributed by atoms with Gasteiger partial charge in [0.15, 0.2) is 0 Å². The van der Waals surface area contributed by atoms with E-state index in [2.05, 4.69) is 52.0 Å². The summed E-state index contributed by atoms with van der Waals surface area (Å²) >= 11 is 0. The highest BCUT2D eigenvalue weighted by Gasteiger charge is 2.35. The molecule has 2 unspecified atom stereocenters. The highest BCUT2D eigenvalue weighted by molar-refractivity contribution is 5.87. The monoisotopic (exact) mass is 556 g/mol. The molecule has 0 saturated carbocycles. The van der Waals surface area contributed by atoms with Crippen LogP contribution in [0, 0.1) is 11.3 Å². The van der Waals surface area contributed by atoms with Crippen molar-refractivity contribution >= 4 is 29.3 Å². The molecule has 1 saturated heterocycles. The van der Waals surface area contributed by atoms with Gasteiger partial charge in [0.25, 0.3) is 0 Å². The summed E-state index contributed by atoms with van der Waals surface area (Å²) in [6.45, 7) is 6.77. The zero-order valence-corrected chi connectivity index (χ0v) is 24.2. The van der Waals surface area contributed by atoms with Gasteiger partial charge >= 0.3 is 0 Å². The topological polar surface area (TPSA) is 109 Å². The Morgan fingerprint density at radius 3 is 2.80 bits per heavy atom. The molecular weight excluding hydrogens is 516 g/mol. The molecule has 1 N–H and O–H groups in total. The number of nitriles is 1. The summed E-state index contributed by atoms with van der Waals surface area (Å²) in [4.78, 5) is 42.7. The largest absolute Gasteiger partial charge is 0.368 e. The molecule has 3 heterocycles. The number of fused-ring (bicyclic) bond motifs is 2. The number of piperazine rings is 1. The van der Waals surface area contributed by atoms with Crippen LogP contribution in [0.2, 0.25) is 0 Å². The standard InChI is InChI=1S/C31H40N8O2/c1-4-28(40)39-19-18-37(21-24(39)13-15-32)30-25-12-11-23(38-17-7-9-22-8-5-6-10-27(22)38)20-26(25)34-31(35-30)33-16-14-29(41)36(2)3/h4-6,8,10,23-24H,1,7,9,11-14,16-21H2,2-3H3,(H,33,34,35). The second kappa shape index (κ2) is 12.6. The van der Waals surface area contributed by atoms with Gasteiger partial charge in [-0.1, -0.05) is 24.8 Å². The van der Waals surface area contributed by atoms with E-state index in [9.17, 15) is 14.9 Å². The number of rotatable bonds is 8. The highest BCUT2D eigenvalue weighted by atomic mass is 16.2. The van der Waals surface area contributed by atoms with Crippen LogP contribution in [-0.2, 0) is 28.9 Å². The Labute approximate surface area is 242 Å². The van der Waals surface area contributed by atoms with E-state index >= 15 is 0 Å². The molecule has 41 heavy (non-hydrogen) atoms. The fourth-order valence-electron chi connectivity index (χ4n) is 6.37. The number of carbonyl (C=O) groups excluding carboxylic acids is 2. The first-order chi connectivity index (χ1) is 19.9. The summed E-state index contributed by atoms with van der Waals surface area (Å²) in [5.74, 6) is 1.29. The summed E-state index contributed by atoms with van der Waals surface area (Å²) in [5, 5.41) is 12.8. The molecule has 0 radical (unpaired) electrons. The fraction of sp³-hybridized carbons (Fsp3) is 0.516. The van der Waals surface area contributed by atoms with E-state index in [-0.39, 0.29) is 24.3 Å². The van der Waals surface area contributed by atoms with Gasteiger partial charge in [-0.15, -0.1) is 0 Å². The number of amides is 2. The Hall–Kier alpha value is -4.13. The van der Waals surface area contributed by atoms with Crippen LogP contribution in [0.25, 0.3) is 0 Å². The van der Waals surface area contributed by atoms with E-state index in [0.717, 1.165) is 55.7 Å². The maximum atomic E-state index is 12.5. The van der Waals surface area contributed by atoms with Crippen molar-refractivity contribution in [2.75, 3.05) is 61.9 Å². The molecule has 5 rings (SSSR count). The number of para-hydroxylation sites is 1. The molecule has 10 heteroatoms. The van der Waals surface area contributed by atoms with Gasteiger partial charge in [0.1, 0.15) is 5.82 Å². The van der Waals surface area contributed by atoms with Gasteiger partial charge in [0, 0.05) is 77.0 Å². The lowest BCUT2D eigenvalue weighted by Gasteiger charge is -2.43. The number of anilines is 3. The van der Waals surface area contributed by atoms with Crippen molar-refractivity contribution < 1.29 is 9.59 Å². The molecule has 216 valence electrons. The highest BCUT2D eigenvalue weighted by Crippen LogP contribution is 2.36. The third kappa shape index (κ3) is 6.14. The second-order valence-electron chi connectivity index (χ2n) is 11.3. The van der Waals surface area contributed by atoms with Gasteiger partial charge in [-0.05, 0) is 43.4 Å².